The Morgan fingerprint density at radius 1 is 1.32 bits per heavy atom. The predicted octanol–water partition coefficient (Wildman–Crippen LogP) is 1.77. The van der Waals surface area contributed by atoms with Crippen molar-refractivity contribution >= 4 is 11.6 Å². The molecule has 1 amide bonds. The first-order valence-electron chi connectivity index (χ1n) is 8.75. The monoisotopic (exact) mass is 345 g/mol. The number of nitrogens with one attached hydrogen (secondary N) is 1. The number of aryl methyl sites for hydroxylation is 2. The second-order valence-corrected chi connectivity index (χ2v) is 6.73. The molecule has 0 aromatic carbocycles. The summed E-state index contributed by atoms with van der Waals surface area (Å²) in [6.07, 6.45) is 1.71. The van der Waals surface area contributed by atoms with Gasteiger partial charge in [0.25, 0.3) is 0 Å². The van der Waals surface area contributed by atoms with Gasteiger partial charge < -0.3 is 9.73 Å². The van der Waals surface area contributed by atoms with Gasteiger partial charge in [0.1, 0.15) is 5.76 Å². The SMILES string of the molecule is Cc1nn(C)c(C)c1NC(=O)C(C)N1CCN(Cc2ccco2)CC1. The number of hydrogen-bond donors (Lipinski definition) is 1. The van der Waals surface area contributed by atoms with Gasteiger partial charge in [-0.3, -0.25) is 19.3 Å². The van der Waals surface area contributed by atoms with E-state index in [2.05, 4.69) is 20.2 Å². The Balaban J connectivity index is 1.53. The first-order valence-corrected chi connectivity index (χ1v) is 8.75. The standard InChI is InChI=1S/C18H27N5O2/c1-13-17(14(2)21(4)20-13)19-18(24)15(3)23-9-7-22(8-10-23)12-16-6-5-11-25-16/h5-6,11,15H,7-10,12H2,1-4H3,(H,19,24). The van der Waals surface area contributed by atoms with Crippen LogP contribution in [0.25, 0.3) is 0 Å². The zero-order chi connectivity index (χ0) is 18.0. The van der Waals surface area contributed by atoms with Crippen molar-refractivity contribution < 1.29 is 9.21 Å². The highest BCUT2D eigenvalue weighted by Crippen LogP contribution is 2.19. The molecule has 1 fully saturated rings. The Hall–Kier alpha value is -2.12. The lowest BCUT2D eigenvalue weighted by Gasteiger charge is -2.37. The van der Waals surface area contributed by atoms with Gasteiger partial charge >= 0.3 is 0 Å². The van der Waals surface area contributed by atoms with Gasteiger partial charge in [-0.25, -0.2) is 0 Å². The van der Waals surface area contributed by atoms with Crippen LogP contribution < -0.4 is 5.32 Å². The molecule has 0 radical (unpaired) electrons. The van der Waals surface area contributed by atoms with Crippen LogP contribution in [-0.4, -0.2) is 57.7 Å². The highest BCUT2D eigenvalue weighted by atomic mass is 16.3. The van der Waals surface area contributed by atoms with Gasteiger partial charge in [-0.2, -0.15) is 5.10 Å². The minimum absolute atomic E-state index is 0.0266. The Morgan fingerprint density at radius 2 is 2.04 bits per heavy atom. The van der Waals surface area contributed by atoms with E-state index in [0.717, 1.165) is 55.6 Å². The van der Waals surface area contributed by atoms with Crippen molar-refractivity contribution in [3.8, 4) is 0 Å². The number of anilines is 1. The summed E-state index contributed by atoms with van der Waals surface area (Å²) in [7, 11) is 1.89. The molecular weight excluding hydrogens is 318 g/mol. The number of piperazine rings is 1. The Kier molecular flexibility index (Phi) is 5.24. The Bertz CT molecular complexity index is 714. The van der Waals surface area contributed by atoms with Crippen LogP contribution in [0.5, 0.6) is 0 Å². The number of carbonyl (C=O) groups excluding carboxylic acids is 1. The molecule has 2 aromatic heterocycles. The lowest BCUT2D eigenvalue weighted by molar-refractivity contribution is -0.121. The van der Waals surface area contributed by atoms with E-state index < -0.39 is 0 Å². The van der Waals surface area contributed by atoms with E-state index in [1.165, 1.54) is 0 Å². The summed E-state index contributed by atoms with van der Waals surface area (Å²) in [6.45, 7) is 10.3. The van der Waals surface area contributed by atoms with Gasteiger partial charge in [0.15, 0.2) is 0 Å². The molecule has 136 valence electrons. The van der Waals surface area contributed by atoms with E-state index in [0.29, 0.717) is 0 Å². The molecule has 7 heteroatoms. The van der Waals surface area contributed by atoms with Crippen LogP contribution in [0.15, 0.2) is 22.8 Å². The van der Waals surface area contributed by atoms with Crippen molar-refractivity contribution in [2.45, 2.75) is 33.4 Å². The average molecular weight is 345 g/mol. The molecule has 0 bridgehead atoms. The third kappa shape index (κ3) is 3.93. The summed E-state index contributed by atoms with van der Waals surface area (Å²) in [5.41, 5.74) is 2.65. The summed E-state index contributed by atoms with van der Waals surface area (Å²) in [4.78, 5) is 17.2. The number of amides is 1. The first kappa shape index (κ1) is 17.7. The maximum absolute atomic E-state index is 12.6. The van der Waals surface area contributed by atoms with Crippen LogP contribution in [0, 0.1) is 13.8 Å². The lowest BCUT2D eigenvalue weighted by Crippen LogP contribution is -2.52. The van der Waals surface area contributed by atoms with Crippen LogP contribution in [0.4, 0.5) is 5.69 Å². The lowest BCUT2D eigenvalue weighted by atomic mass is 10.2. The number of furan rings is 1. The molecule has 7 nitrogen and oxygen atoms in total. The Labute approximate surface area is 148 Å². The summed E-state index contributed by atoms with van der Waals surface area (Å²) in [5, 5.41) is 7.41. The molecule has 3 heterocycles. The van der Waals surface area contributed by atoms with Crippen molar-refractivity contribution in [1.29, 1.82) is 0 Å². The van der Waals surface area contributed by atoms with Crippen LogP contribution >= 0.6 is 0 Å². The van der Waals surface area contributed by atoms with Crippen molar-refractivity contribution in [2.75, 3.05) is 31.5 Å². The van der Waals surface area contributed by atoms with E-state index in [1.54, 1.807) is 10.9 Å². The van der Waals surface area contributed by atoms with Gasteiger partial charge in [-0.1, -0.05) is 0 Å². The van der Waals surface area contributed by atoms with Gasteiger partial charge in [-0.05, 0) is 32.9 Å². The van der Waals surface area contributed by atoms with E-state index in [9.17, 15) is 4.79 Å². The minimum atomic E-state index is -0.162. The van der Waals surface area contributed by atoms with Gasteiger partial charge in [-0.15, -0.1) is 0 Å². The molecule has 0 aliphatic carbocycles. The molecule has 1 saturated heterocycles. The van der Waals surface area contributed by atoms with E-state index >= 15 is 0 Å². The Morgan fingerprint density at radius 3 is 2.60 bits per heavy atom. The van der Waals surface area contributed by atoms with Gasteiger partial charge in [0.05, 0.1) is 35.9 Å². The molecule has 1 aliphatic heterocycles. The highest BCUT2D eigenvalue weighted by molar-refractivity contribution is 5.95. The normalized spacial score (nSPS) is 17.6. The van der Waals surface area contributed by atoms with Crippen LogP contribution in [0.1, 0.15) is 24.1 Å². The third-order valence-electron chi connectivity index (χ3n) is 5.05. The zero-order valence-corrected chi connectivity index (χ0v) is 15.5. The molecule has 2 aromatic rings. The third-order valence-corrected chi connectivity index (χ3v) is 5.05. The molecule has 1 aliphatic rings. The highest BCUT2D eigenvalue weighted by Gasteiger charge is 2.26. The molecular formula is C18H27N5O2. The summed E-state index contributed by atoms with van der Waals surface area (Å²) in [6, 6.07) is 3.76. The van der Waals surface area contributed by atoms with Crippen molar-refractivity contribution in [2.24, 2.45) is 7.05 Å². The molecule has 0 saturated carbocycles. The summed E-state index contributed by atoms with van der Waals surface area (Å²) in [5.74, 6) is 1.01. The van der Waals surface area contributed by atoms with Gasteiger partial charge in [0, 0.05) is 33.2 Å². The molecule has 25 heavy (non-hydrogen) atoms. The number of nitrogens with zero attached hydrogens (tertiary/aromatic N) is 4. The average Bonchev–Trinajstić information content (AvgIpc) is 3.19. The molecule has 0 spiro atoms. The first-order chi connectivity index (χ1) is 12.0. The van der Waals surface area contributed by atoms with Crippen LogP contribution in [0.2, 0.25) is 0 Å². The quantitative estimate of drug-likeness (QED) is 0.895. The number of rotatable bonds is 5. The number of aromatic nitrogens is 2. The molecule has 1 atom stereocenters. The maximum atomic E-state index is 12.6. The summed E-state index contributed by atoms with van der Waals surface area (Å²) < 4.78 is 7.21. The topological polar surface area (TPSA) is 66.5 Å². The van der Waals surface area contributed by atoms with E-state index in [1.807, 2.05) is 40.0 Å². The summed E-state index contributed by atoms with van der Waals surface area (Å²) >= 11 is 0. The minimum Gasteiger partial charge on any atom is -0.468 e. The van der Waals surface area contributed by atoms with E-state index in [4.69, 9.17) is 4.42 Å². The van der Waals surface area contributed by atoms with Crippen molar-refractivity contribution in [3.63, 3.8) is 0 Å². The number of carbonyl (C=O) groups is 1. The fourth-order valence-corrected chi connectivity index (χ4v) is 3.28. The fraction of sp³-hybridized carbons (Fsp3) is 0.556. The second-order valence-electron chi connectivity index (χ2n) is 6.73. The predicted molar refractivity (Wildman–Crippen MR) is 96.3 cm³/mol. The fourth-order valence-electron chi connectivity index (χ4n) is 3.28. The maximum Gasteiger partial charge on any atom is 0.241 e. The molecule has 1 N–H and O–H groups in total. The largest absolute Gasteiger partial charge is 0.468 e. The zero-order valence-electron chi connectivity index (χ0n) is 15.5. The smallest absolute Gasteiger partial charge is 0.241 e. The van der Waals surface area contributed by atoms with Crippen LogP contribution in [-0.2, 0) is 18.4 Å². The van der Waals surface area contributed by atoms with Crippen molar-refractivity contribution in [3.05, 3.63) is 35.5 Å². The van der Waals surface area contributed by atoms with Crippen molar-refractivity contribution in [1.82, 2.24) is 19.6 Å². The van der Waals surface area contributed by atoms with Gasteiger partial charge in [0.2, 0.25) is 5.91 Å². The molecule has 3 rings (SSSR count). The van der Waals surface area contributed by atoms with Crippen LogP contribution in [0.3, 0.4) is 0 Å². The number of hydrogen-bond acceptors (Lipinski definition) is 5. The van der Waals surface area contributed by atoms with E-state index in [-0.39, 0.29) is 11.9 Å². The molecule has 1 unspecified atom stereocenters. The second kappa shape index (κ2) is 7.41.